The van der Waals surface area contributed by atoms with Crippen LogP contribution in [0.4, 0.5) is 17.6 Å². The summed E-state index contributed by atoms with van der Waals surface area (Å²) in [5.41, 5.74) is -2.59. The highest BCUT2D eigenvalue weighted by Gasteiger charge is 2.67. The Kier molecular flexibility index (Phi) is 4.21. The number of halogens is 4. The summed E-state index contributed by atoms with van der Waals surface area (Å²) in [6.07, 6.45) is -5.75. The second-order valence-corrected chi connectivity index (χ2v) is 7.46. The highest BCUT2D eigenvalue weighted by atomic mass is 19.4. The smallest absolute Gasteiger partial charge is 0.422 e. The van der Waals surface area contributed by atoms with Crippen LogP contribution in [-0.4, -0.2) is 24.9 Å². The summed E-state index contributed by atoms with van der Waals surface area (Å²) >= 11 is 0. The van der Waals surface area contributed by atoms with Crippen molar-refractivity contribution in [1.29, 1.82) is 0 Å². The lowest BCUT2D eigenvalue weighted by molar-refractivity contribution is -0.224. The molecule has 0 aromatic heterocycles. The van der Waals surface area contributed by atoms with Gasteiger partial charge in [-0.05, 0) is 23.7 Å². The summed E-state index contributed by atoms with van der Waals surface area (Å²) in [6, 6.07) is 0. The van der Waals surface area contributed by atoms with Gasteiger partial charge in [-0.25, -0.2) is 4.39 Å². The van der Waals surface area contributed by atoms with Crippen molar-refractivity contribution in [2.24, 2.45) is 16.2 Å². The molecule has 0 aliphatic heterocycles. The van der Waals surface area contributed by atoms with Gasteiger partial charge < -0.3 is 4.74 Å². The second-order valence-electron chi connectivity index (χ2n) is 7.46. The Morgan fingerprint density at radius 1 is 1.25 bits per heavy atom. The number of esters is 1. The number of carbonyl (C=O) groups excluding carboxylic acids is 1. The Labute approximate surface area is 116 Å². The Morgan fingerprint density at radius 3 is 2.05 bits per heavy atom. The van der Waals surface area contributed by atoms with E-state index in [1.165, 1.54) is 0 Å². The van der Waals surface area contributed by atoms with Gasteiger partial charge in [-0.1, -0.05) is 34.6 Å². The van der Waals surface area contributed by atoms with E-state index in [1.54, 1.807) is 13.8 Å². The van der Waals surface area contributed by atoms with Crippen LogP contribution in [0.1, 0.15) is 47.5 Å². The van der Waals surface area contributed by atoms with Gasteiger partial charge in [-0.3, -0.25) is 4.79 Å². The highest BCUT2D eigenvalue weighted by molar-refractivity contribution is 5.80. The van der Waals surface area contributed by atoms with Gasteiger partial charge in [0.15, 0.2) is 6.61 Å². The van der Waals surface area contributed by atoms with Crippen LogP contribution in [0.3, 0.4) is 0 Å². The third-order valence-electron chi connectivity index (χ3n) is 3.97. The van der Waals surface area contributed by atoms with Gasteiger partial charge in [0.2, 0.25) is 0 Å². The summed E-state index contributed by atoms with van der Waals surface area (Å²) in [5, 5.41) is 0. The molecule has 0 heterocycles. The minimum absolute atomic E-state index is 0.157. The lowest BCUT2D eigenvalue weighted by atomic mass is 9.46. The lowest BCUT2D eigenvalue weighted by Crippen LogP contribution is -2.63. The molecule has 1 fully saturated rings. The fraction of sp³-hybridized carbons (Fsp3) is 0.929. The summed E-state index contributed by atoms with van der Waals surface area (Å²) < 4.78 is 55.1. The van der Waals surface area contributed by atoms with Crippen molar-refractivity contribution in [1.82, 2.24) is 0 Å². The molecule has 1 saturated carbocycles. The van der Waals surface area contributed by atoms with E-state index in [0.29, 0.717) is 0 Å². The van der Waals surface area contributed by atoms with E-state index in [0.717, 1.165) is 0 Å². The molecule has 0 bridgehead atoms. The molecule has 0 spiro atoms. The number of hydrogen-bond donors (Lipinski definition) is 0. The van der Waals surface area contributed by atoms with Gasteiger partial charge in [0.05, 0.1) is 0 Å². The molecule has 0 aromatic rings. The number of ether oxygens (including phenoxy) is 1. The average molecular weight is 298 g/mol. The molecular weight excluding hydrogens is 276 g/mol. The van der Waals surface area contributed by atoms with Crippen LogP contribution in [-0.2, 0) is 9.53 Å². The molecule has 2 unspecified atom stereocenters. The molecule has 0 N–H and O–H groups in total. The summed E-state index contributed by atoms with van der Waals surface area (Å²) in [4.78, 5) is 12.1. The van der Waals surface area contributed by atoms with Gasteiger partial charge in [-0.2, -0.15) is 13.2 Å². The molecule has 1 aliphatic rings. The normalized spacial score (nSPS) is 29.8. The maximum atomic E-state index is 14.2. The third-order valence-corrected chi connectivity index (χ3v) is 3.97. The van der Waals surface area contributed by atoms with Crippen LogP contribution in [0.25, 0.3) is 0 Å². The summed E-state index contributed by atoms with van der Waals surface area (Å²) in [5.74, 6) is -1.08. The van der Waals surface area contributed by atoms with Crippen molar-refractivity contribution >= 4 is 5.97 Å². The zero-order chi connectivity index (χ0) is 16.0. The molecule has 6 heteroatoms. The van der Waals surface area contributed by atoms with Crippen molar-refractivity contribution < 1.29 is 27.1 Å². The number of carbonyl (C=O) groups is 1. The predicted octanol–water partition coefficient (Wildman–Crippen LogP) is 4.28. The zero-order valence-corrected chi connectivity index (χ0v) is 12.5. The largest absolute Gasteiger partial charge is 0.456 e. The first-order chi connectivity index (χ1) is 8.71. The second kappa shape index (κ2) is 4.88. The highest BCUT2D eigenvalue weighted by Crippen LogP contribution is 2.63. The molecule has 0 saturated heterocycles. The van der Waals surface area contributed by atoms with Gasteiger partial charge in [-0.15, -0.1) is 0 Å². The Bertz CT molecular complexity index is 382. The maximum Gasteiger partial charge on any atom is 0.422 e. The molecule has 1 rings (SSSR count). The van der Waals surface area contributed by atoms with Gasteiger partial charge >= 0.3 is 12.1 Å². The van der Waals surface area contributed by atoms with Crippen LogP contribution in [0, 0.1) is 16.2 Å². The number of hydrogen-bond acceptors (Lipinski definition) is 2. The van der Waals surface area contributed by atoms with E-state index in [2.05, 4.69) is 4.74 Å². The third kappa shape index (κ3) is 3.26. The SMILES string of the molecule is CC(C)(C)CC1(C(=O)OCC(F)(F)F)C(F)CC1(C)C. The van der Waals surface area contributed by atoms with Crippen LogP contribution in [0.5, 0.6) is 0 Å². The molecule has 0 radical (unpaired) electrons. The summed E-state index contributed by atoms with van der Waals surface area (Å²) in [6.45, 7) is 7.21. The quantitative estimate of drug-likeness (QED) is 0.574. The van der Waals surface area contributed by atoms with Crippen molar-refractivity contribution in [2.45, 2.75) is 59.8 Å². The first-order valence-electron chi connectivity index (χ1n) is 6.59. The first kappa shape index (κ1) is 17.2. The fourth-order valence-electron chi connectivity index (χ4n) is 3.04. The molecule has 118 valence electrons. The van der Waals surface area contributed by atoms with Crippen LogP contribution >= 0.6 is 0 Å². The lowest BCUT2D eigenvalue weighted by Gasteiger charge is -2.58. The Hall–Kier alpha value is -0.810. The molecule has 2 atom stereocenters. The monoisotopic (exact) mass is 298 g/mol. The van der Waals surface area contributed by atoms with E-state index < -0.39 is 35.8 Å². The average Bonchev–Trinajstić information content (AvgIpc) is 2.19. The molecule has 20 heavy (non-hydrogen) atoms. The standard InChI is InChI=1S/C14H22F4O2/c1-11(2,3)7-13(9(15)6-12(13,4)5)10(19)20-8-14(16,17)18/h9H,6-8H2,1-5H3. The Balaban J connectivity index is 2.98. The van der Waals surface area contributed by atoms with Crippen LogP contribution in [0.15, 0.2) is 0 Å². The van der Waals surface area contributed by atoms with Crippen molar-refractivity contribution in [3.8, 4) is 0 Å². The van der Waals surface area contributed by atoms with Crippen LogP contribution in [0.2, 0.25) is 0 Å². The molecule has 0 amide bonds. The molecule has 0 aromatic carbocycles. The van der Waals surface area contributed by atoms with Gasteiger partial charge in [0.25, 0.3) is 0 Å². The van der Waals surface area contributed by atoms with Gasteiger partial charge in [0.1, 0.15) is 11.6 Å². The van der Waals surface area contributed by atoms with Crippen LogP contribution < -0.4 is 0 Å². The predicted molar refractivity (Wildman–Crippen MR) is 66.8 cm³/mol. The minimum atomic E-state index is -4.60. The maximum absolute atomic E-state index is 14.2. The van der Waals surface area contributed by atoms with Gasteiger partial charge in [0, 0.05) is 0 Å². The topological polar surface area (TPSA) is 26.3 Å². The fourth-order valence-corrected chi connectivity index (χ4v) is 3.04. The Morgan fingerprint density at radius 2 is 1.75 bits per heavy atom. The molecule has 2 nitrogen and oxygen atoms in total. The van der Waals surface area contributed by atoms with E-state index >= 15 is 0 Å². The van der Waals surface area contributed by atoms with Crippen molar-refractivity contribution in [3.63, 3.8) is 0 Å². The van der Waals surface area contributed by atoms with E-state index in [9.17, 15) is 22.4 Å². The molecule has 1 aliphatic carbocycles. The van der Waals surface area contributed by atoms with E-state index in [4.69, 9.17) is 0 Å². The zero-order valence-electron chi connectivity index (χ0n) is 12.5. The minimum Gasteiger partial charge on any atom is -0.456 e. The van der Waals surface area contributed by atoms with E-state index in [-0.39, 0.29) is 18.3 Å². The summed E-state index contributed by atoms with van der Waals surface area (Å²) in [7, 11) is 0. The number of alkyl halides is 4. The van der Waals surface area contributed by atoms with E-state index in [1.807, 2.05) is 20.8 Å². The molecular formula is C14H22F4O2. The van der Waals surface area contributed by atoms with Crippen molar-refractivity contribution in [3.05, 3.63) is 0 Å². The first-order valence-corrected chi connectivity index (χ1v) is 6.59. The number of rotatable bonds is 3. The van der Waals surface area contributed by atoms with Crippen molar-refractivity contribution in [2.75, 3.05) is 6.61 Å².